The van der Waals surface area contributed by atoms with E-state index in [1.807, 2.05) is 34.7 Å². The molecule has 0 atom stereocenters. The van der Waals surface area contributed by atoms with Gasteiger partial charge in [-0.2, -0.15) is 4.98 Å². The first-order valence-corrected chi connectivity index (χ1v) is 8.07. The Hall–Kier alpha value is -1.12. The molecule has 2 aromatic carbocycles. The molecule has 0 fully saturated rings. The number of phenolic OH excluding ortho intramolecular Hbond substituents is 1. The summed E-state index contributed by atoms with van der Waals surface area (Å²) in [5.74, 6) is 1.08. The molecular weight excluding hydrogens is 470 g/mol. The van der Waals surface area contributed by atoms with Crippen molar-refractivity contribution in [3.8, 4) is 28.6 Å². The average molecular weight is 477 g/mol. The molecule has 7 heteroatoms. The second kappa shape index (κ2) is 5.94. The van der Waals surface area contributed by atoms with Crippen molar-refractivity contribution in [2.24, 2.45) is 0 Å². The fourth-order valence-electron chi connectivity index (χ4n) is 1.73. The van der Waals surface area contributed by atoms with Gasteiger partial charge in [0.25, 0.3) is 5.89 Å². The van der Waals surface area contributed by atoms with Gasteiger partial charge >= 0.3 is 0 Å². The van der Waals surface area contributed by atoms with Gasteiger partial charge in [0.2, 0.25) is 5.82 Å². The Morgan fingerprint density at radius 1 is 1.14 bits per heavy atom. The lowest BCUT2D eigenvalue weighted by Gasteiger charge is -1.99. The van der Waals surface area contributed by atoms with Crippen LogP contribution >= 0.6 is 50.1 Å². The molecule has 0 bridgehead atoms. The van der Waals surface area contributed by atoms with Crippen LogP contribution in [0.15, 0.2) is 45.4 Å². The van der Waals surface area contributed by atoms with E-state index in [2.05, 4.69) is 26.1 Å². The van der Waals surface area contributed by atoms with Gasteiger partial charge in [0.15, 0.2) is 0 Å². The average Bonchev–Trinajstić information content (AvgIpc) is 2.94. The summed E-state index contributed by atoms with van der Waals surface area (Å²) < 4.78 is 6.80. The van der Waals surface area contributed by atoms with E-state index in [-0.39, 0.29) is 5.75 Å². The molecule has 0 radical (unpaired) electrons. The van der Waals surface area contributed by atoms with Crippen molar-refractivity contribution in [1.82, 2.24) is 10.1 Å². The summed E-state index contributed by atoms with van der Waals surface area (Å²) in [6.07, 6.45) is 0. The normalized spacial score (nSPS) is 10.8. The molecule has 1 aromatic heterocycles. The quantitative estimate of drug-likeness (QED) is 0.520. The number of rotatable bonds is 2. The van der Waals surface area contributed by atoms with Crippen molar-refractivity contribution in [3.63, 3.8) is 0 Å². The van der Waals surface area contributed by atoms with Crippen LogP contribution < -0.4 is 0 Å². The second-order valence-corrected chi connectivity index (χ2v) is 6.64. The number of benzene rings is 2. The number of phenols is 1. The molecule has 3 rings (SSSR count). The Bertz CT molecular complexity index is 756. The van der Waals surface area contributed by atoms with Gasteiger partial charge in [0.1, 0.15) is 5.75 Å². The third-order valence-corrected chi connectivity index (χ3v) is 4.89. The van der Waals surface area contributed by atoms with Crippen molar-refractivity contribution in [1.29, 1.82) is 0 Å². The van der Waals surface area contributed by atoms with Crippen LogP contribution in [0, 0.1) is 3.57 Å². The van der Waals surface area contributed by atoms with Crippen LogP contribution in [0.5, 0.6) is 5.75 Å². The lowest BCUT2D eigenvalue weighted by Crippen LogP contribution is -1.83. The Kier molecular flexibility index (Phi) is 4.19. The lowest BCUT2D eigenvalue weighted by molar-refractivity contribution is 0.432. The van der Waals surface area contributed by atoms with Crippen LogP contribution in [0.25, 0.3) is 22.8 Å². The highest BCUT2D eigenvalue weighted by atomic mass is 127. The lowest BCUT2D eigenvalue weighted by atomic mass is 10.2. The van der Waals surface area contributed by atoms with E-state index >= 15 is 0 Å². The van der Waals surface area contributed by atoms with Gasteiger partial charge in [-0.15, -0.1) is 0 Å². The first kappa shape index (κ1) is 14.8. The van der Waals surface area contributed by atoms with Gasteiger partial charge < -0.3 is 9.63 Å². The minimum Gasteiger partial charge on any atom is -0.507 e. The fraction of sp³-hybridized carbons (Fsp3) is 0. The molecular formula is C14H7BrClIN2O2. The van der Waals surface area contributed by atoms with E-state index in [9.17, 15) is 5.11 Å². The standard InChI is InChI=1S/C14H7BrClIN2O2/c15-9-3-1-8(5-10(9)16)14-18-13(19-21-14)7-2-4-12(20)11(17)6-7/h1-6,20H. The van der Waals surface area contributed by atoms with Crippen LogP contribution in [0.4, 0.5) is 0 Å². The van der Waals surface area contributed by atoms with Crippen LogP contribution in [0.2, 0.25) is 5.02 Å². The zero-order chi connectivity index (χ0) is 15.0. The number of nitrogens with zero attached hydrogens (tertiary/aromatic N) is 2. The smallest absolute Gasteiger partial charge is 0.258 e. The Labute approximate surface area is 147 Å². The molecule has 0 aliphatic rings. The minimum absolute atomic E-state index is 0.225. The largest absolute Gasteiger partial charge is 0.507 e. The summed E-state index contributed by atoms with van der Waals surface area (Å²) in [6, 6.07) is 10.5. The first-order valence-electron chi connectivity index (χ1n) is 5.82. The molecule has 0 saturated carbocycles. The Morgan fingerprint density at radius 3 is 2.62 bits per heavy atom. The van der Waals surface area contributed by atoms with Gasteiger partial charge in [0.05, 0.1) is 8.59 Å². The van der Waals surface area contributed by atoms with Crippen molar-refractivity contribution in [2.75, 3.05) is 0 Å². The van der Waals surface area contributed by atoms with E-state index in [0.717, 1.165) is 19.2 Å². The summed E-state index contributed by atoms with van der Waals surface area (Å²) in [5.41, 5.74) is 1.52. The van der Waals surface area contributed by atoms with Gasteiger partial charge in [-0.05, 0) is 74.9 Å². The highest BCUT2D eigenvalue weighted by Gasteiger charge is 2.12. The molecule has 0 aliphatic heterocycles. The SMILES string of the molecule is Oc1ccc(-c2noc(-c3ccc(Br)c(Cl)c3)n2)cc1I. The number of halogens is 3. The molecule has 0 amide bonds. The van der Waals surface area contributed by atoms with Gasteiger partial charge in [0, 0.05) is 15.6 Å². The van der Waals surface area contributed by atoms with Crippen molar-refractivity contribution >= 4 is 50.1 Å². The molecule has 3 aromatic rings. The third-order valence-electron chi connectivity index (χ3n) is 2.80. The fourth-order valence-corrected chi connectivity index (χ4v) is 2.68. The second-order valence-electron chi connectivity index (χ2n) is 4.22. The molecule has 0 aliphatic carbocycles. The van der Waals surface area contributed by atoms with Crippen LogP contribution in [0.1, 0.15) is 0 Å². The maximum absolute atomic E-state index is 9.54. The maximum atomic E-state index is 9.54. The molecule has 1 heterocycles. The molecule has 106 valence electrons. The van der Waals surface area contributed by atoms with Gasteiger partial charge in [-0.1, -0.05) is 16.8 Å². The third kappa shape index (κ3) is 3.07. The number of aromatic hydroxyl groups is 1. The minimum atomic E-state index is 0.225. The topological polar surface area (TPSA) is 59.2 Å². The predicted molar refractivity (Wildman–Crippen MR) is 92.3 cm³/mol. The predicted octanol–water partition coefficient (Wildman–Crippen LogP) is 5.13. The first-order chi connectivity index (χ1) is 10.0. The maximum Gasteiger partial charge on any atom is 0.258 e. The zero-order valence-electron chi connectivity index (χ0n) is 10.3. The van der Waals surface area contributed by atoms with Crippen LogP contribution in [0.3, 0.4) is 0 Å². The molecule has 0 unspecified atom stereocenters. The van der Waals surface area contributed by atoms with E-state index < -0.39 is 0 Å². The molecule has 4 nitrogen and oxygen atoms in total. The van der Waals surface area contributed by atoms with Crippen molar-refractivity contribution < 1.29 is 9.63 Å². The van der Waals surface area contributed by atoms with Crippen LogP contribution in [-0.2, 0) is 0 Å². The summed E-state index contributed by atoms with van der Waals surface area (Å²) >= 11 is 11.4. The summed E-state index contributed by atoms with van der Waals surface area (Å²) in [5, 5.41) is 14.1. The summed E-state index contributed by atoms with van der Waals surface area (Å²) in [4.78, 5) is 4.36. The molecule has 0 saturated heterocycles. The van der Waals surface area contributed by atoms with Gasteiger partial charge in [-0.3, -0.25) is 0 Å². The van der Waals surface area contributed by atoms with Gasteiger partial charge in [-0.25, -0.2) is 0 Å². The zero-order valence-corrected chi connectivity index (χ0v) is 14.8. The molecule has 1 N–H and O–H groups in total. The molecule has 21 heavy (non-hydrogen) atoms. The van der Waals surface area contributed by atoms with Crippen LogP contribution in [-0.4, -0.2) is 15.2 Å². The summed E-state index contributed by atoms with van der Waals surface area (Å²) in [7, 11) is 0. The van der Waals surface area contributed by atoms with E-state index in [1.54, 1.807) is 24.3 Å². The number of aromatic nitrogens is 2. The van der Waals surface area contributed by atoms with E-state index in [0.29, 0.717) is 16.7 Å². The molecule has 0 spiro atoms. The van der Waals surface area contributed by atoms with Crippen molar-refractivity contribution in [3.05, 3.63) is 49.5 Å². The van der Waals surface area contributed by atoms with E-state index in [4.69, 9.17) is 16.1 Å². The monoisotopic (exact) mass is 476 g/mol. The van der Waals surface area contributed by atoms with E-state index in [1.165, 1.54) is 0 Å². The highest BCUT2D eigenvalue weighted by molar-refractivity contribution is 14.1. The Balaban J connectivity index is 1.99. The number of hydrogen-bond donors (Lipinski definition) is 1. The number of hydrogen-bond acceptors (Lipinski definition) is 4. The Morgan fingerprint density at radius 2 is 1.90 bits per heavy atom. The van der Waals surface area contributed by atoms with Crippen molar-refractivity contribution in [2.45, 2.75) is 0 Å². The highest BCUT2D eigenvalue weighted by Crippen LogP contribution is 2.30. The summed E-state index contributed by atoms with van der Waals surface area (Å²) in [6.45, 7) is 0.